The third-order valence-corrected chi connectivity index (χ3v) is 3.91. The monoisotopic (exact) mass is 300 g/mol. The molecule has 2 aromatic rings. The Morgan fingerprint density at radius 2 is 1.67 bits per heavy atom. The van der Waals surface area contributed by atoms with Gasteiger partial charge in [0.05, 0.1) is 0 Å². The molecule has 2 aromatic carbocycles. The predicted molar refractivity (Wildman–Crippen MR) is 89.4 cm³/mol. The molecule has 0 unspecified atom stereocenters. The number of hydrogen-bond acceptors (Lipinski definition) is 1. The molecule has 0 N–H and O–H groups in total. The summed E-state index contributed by atoms with van der Waals surface area (Å²) in [5, 5.41) is 0.665. The molecule has 2 heteroatoms. The third kappa shape index (κ3) is 3.95. The van der Waals surface area contributed by atoms with Gasteiger partial charge in [-0.15, -0.1) is 0 Å². The zero-order chi connectivity index (χ0) is 15.6. The molecule has 0 aliphatic rings. The summed E-state index contributed by atoms with van der Waals surface area (Å²) in [5.41, 5.74) is 4.14. The highest BCUT2D eigenvalue weighted by atomic mass is 35.5. The van der Waals surface area contributed by atoms with Crippen molar-refractivity contribution in [3.05, 3.63) is 69.7 Å². The van der Waals surface area contributed by atoms with Gasteiger partial charge in [-0.2, -0.15) is 0 Å². The number of halogens is 1. The van der Waals surface area contributed by atoms with E-state index in [1.807, 2.05) is 31.2 Å². The largest absolute Gasteiger partial charge is 0.294 e. The first-order valence-electron chi connectivity index (χ1n) is 7.16. The van der Waals surface area contributed by atoms with E-state index in [0.29, 0.717) is 11.4 Å². The highest BCUT2D eigenvalue weighted by Crippen LogP contribution is 2.23. The lowest BCUT2D eigenvalue weighted by Crippen LogP contribution is -2.11. The summed E-state index contributed by atoms with van der Waals surface area (Å²) >= 11 is 5.93. The van der Waals surface area contributed by atoms with Gasteiger partial charge >= 0.3 is 0 Å². The van der Waals surface area contributed by atoms with Crippen molar-refractivity contribution in [1.82, 2.24) is 0 Å². The number of rotatable bonds is 3. The van der Waals surface area contributed by atoms with Crippen LogP contribution in [0.1, 0.15) is 47.8 Å². The van der Waals surface area contributed by atoms with Crippen molar-refractivity contribution in [3.63, 3.8) is 0 Å². The van der Waals surface area contributed by atoms with Crippen molar-refractivity contribution in [2.75, 3.05) is 0 Å². The molecule has 0 saturated carbocycles. The van der Waals surface area contributed by atoms with E-state index in [-0.39, 0.29) is 11.2 Å². The molecule has 110 valence electrons. The SMILES string of the molecule is Cc1cc(Cl)ccc1C(=O)Cc1ccc(C(C)(C)C)cc1. The Labute approximate surface area is 132 Å². The van der Waals surface area contributed by atoms with Crippen LogP contribution in [0.2, 0.25) is 5.02 Å². The third-order valence-electron chi connectivity index (χ3n) is 3.67. The number of hydrogen-bond donors (Lipinski definition) is 0. The summed E-state index contributed by atoms with van der Waals surface area (Å²) < 4.78 is 0. The van der Waals surface area contributed by atoms with Crippen LogP contribution >= 0.6 is 11.6 Å². The Morgan fingerprint density at radius 3 is 2.19 bits per heavy atom. The van der Waals surface area contributed by atoms with E-state index in [1.165, 1.54) is 5.56 Å². The number of Topliss-reactive ketones (excluding diaryl/α,β-unsaturated/α-hetero) is 1. The zero-order valence-electron chi connectivity index (χ0n) is 13.0. The van der Waals surface area contributed by atoms with E-state index in [0.717, 1.165) is 16.7 Å². The number of carbonyl (C=O) groups excluding carboxylic acids is 1. The number of carbonyl (C=O) groups is 1. The van der Waals surface area contributed by atoms with Crippen LogP contribution in [0.15, 0.2) is 42.5 Å². The normalized spacial score (nSPS) is 11.5. The van der Waals surface area contributed by atoms with E-state index in [9.17, 15) is 4.79 Å². The number of ketones is 1. The molecule has 21 heavy (non-hydrogen) atoms. The summed E-state index contributed by atoms with van der Waals surface area (Å²) in [5.74, 6) is 0.132. The average molecular weight is 301 g/mol. The van der Waals surface area contributed by atoms with Gasteiger partial charge < -0.3 is 0 Å². The summed E-state index contributed by atoms with van der Waals surface area (Å²) in [4.78, 5) is 12.4. The van der Waals surface area contributed by atoms with Crippen LogP contribution in [0, 0.1) is 6.92 Å². The first kappa shape index (κ1) is 15.8. The van der Waals surface area contributed by atoms with Crippen LogP contribution in [0.5, 0.6) is 0 Å². The van der Waals surface area contributed by atoms with Gasteiger partial charge in [-0.3, -0.25) is 4.79 Å². The smallest absolute Gasteiger partial charge is 0.167 e. The molecule has 2 rings (SSSR count). The molecule has 0 amide bonds. The minimum absolute atomic E-state index is 0.132. The minimum Gasteiger partial charge on any atom is -0.294 e. The van der Waals surface area contributed by atoms with E-state index in [1.54, 1.807) is 6.07 Å². The molecule has 1 nitrogen and oxygen atoms in total. The number of benzene rings is 2. The molecule has 0 aromatic heterocycles. The molecule has 0 atom stereocenters. The topological polar surface area (TPSA) is 17.1 Å². The summed E-state index contributed by atoms with van der Waals surface area (Å²) in [6.07, 6.45) is 0.424. The van der Waals surface area contributed by atoms with Gasteiger partial charge in [-0.05, 0) is 47.2 Å². The second kappa shape index (κ2) is 6.03. The van der Waals surface area contributed by atoms with Crippen molar-refractivity contribution in [2.45, 2.75) is 39.5 Å². The van der Waals surface area contributed by atoms with E-state index in [4.69, 9.17) is 11.6 Å². The summed E-state index contributed by atoms with van der Waals surface area (Å²) in [6, 6.07) is 13.7. The maximum atomic E-state index is 12.4. The fourth-order valence-corrected chi connectivity index (χ4v) is 2.57. The highest BCUT2D eigenvalue weighted by Gasteiger charge is 2.14. The Balaban J connectivity index is 2.16. The quantitative estimate of drug-likeness (QED) is 0.696. The Hall–Kier alpha value is -1.60. The molecular weight excluding hydrogens is 280 g/mol. The molecule has 0 saturated heterocycles. The van der Waals surface area contributed by atoms with Gasteiger partial charge in [0.25, 0.3) is 0 Å². The lowest BCUT2D eigenvalue weighted by Gasteiger charge is -2.19. The number of aryl methyl sites for hydroxylation is 1. The van der Waals surface area contributed by atoms with Gasteiger partial charge in [0.1, 0.15) is 0 Å². The van der Waals surface area contributed by atoms with Gasteiger partial charge in [-0.1, -0.05) is 56.6 Å². The second-order valence-electron chi connectivity index (χ2n) is 6.51. The highest BCUT2D eigenvalue weighted by molar-refractivity contribution is 6.30. The lowest BCUT2D eigenvalue weighted by atomic mass is 9.86. The van der Waals surface area contributed by atoms with Crippen molar-refractivity contribution >= 4 is 17.4 Å². The summed E-state index contributed by atoms with van der Waals surface area (Å²) in [6.45, 7) is 8.47. The predicted octanol–water partition coefficient (Wildman–Crippen LogP) is 5.37. The maximum Gasteiger partial charge on any atom is 0.167 e. The van der Waals surface area contributed by atoms with Crippen molar-refractivity contribution in [2.24, 2.45) is 0 Å². The molecule has 0 spiro atoms. The molecule has 0 aliphatic carbocycles. The molecular formula is C19H21ClO. The van der Waals surface area contributed by atoms with E-state index < -0.39 is 0 Å². The first-order valence-corrected chi connectivity index (χ1v) is 7.54. The molecule has 0 aliphatic heterocycles. The van der Waals surface area contributed by atoms with Crippen LogP contribution in [0.4, 0.5) is 0 Å². The standard InChI is InChI=1S/C19H21ClO/c1-13-11-16(20)9-10-17(13)18(21)12-14-5-7-15(8-6-14)19(2,3)4/h5-11H,12H2,1-4H3. The second-order valence-corrected chi connectivity index (χ2v) is 6.94. The fraction of sp³-hybridized carbons (Fsp3) is 0.316. The van der Waals surface area contributed by atoms with Crippen LogP contribution in [0.3, 0.4) is 0 Å². The summed E-state index contributed by atoms with van der Waals surface area (Å²) in [7, 11) is 0. The zero-order valence-corrected chi connectivity index (χ0v) is 13.8. The average Bonchev–Trinajstić information content (AvgIpc) is 2.38. The fourth-order valence-electron chi connectivity index (χ4n) is 2.34. The molecule has 0 fully saturated rings. The lowest BCUT2D eigenvalue weighted by molar-refractivity contribution is 0.0992. The van der Waals surface area contributed by atoms with Gasteiger partial charge in [0.15, 0.2) is 5.78 Å². The van der Waals surface area contributed by atoms with Gasteiger partial charge in [0.2, 0.25) is 0 Å². The Bertz CT molecular complexity index is 648. The van der Waals surface area contributed by atoms with E-state index in [2.05, 4.69) is 32.9 Å². The van der Waals surface area contributed by atoms with Gasteiger partial charge in [-0.25, -0.2) is 0 Å². The van der Waals surface area contributed by atoms with Crippen molar-refractivity contribution < 1.29 is 4.79 Å². The van der Waals surface area contributed by atoms with Crippen LogP contribution in [0.25, 0.3) is 0 Å². The van der Waals surface area contributed by atoms with E-state index >= 15 is 0 Å². The van der Waals surface area contributed by atoms with Gasteiger partial charge in [0, 0.05) is 17.0 Å². The molecule has 0 bridgehead atoms. The van der Waals surface area contributed by atoms with Crippen LogP contribution in [-0.2, 0) is 11.8 Å². The van der Waals surface area contributed by atoms with Crippen LogP contribution < -0.4 is 0 Å². The maximum absolute atomic E-state index is 12.4. The minimum atomic E-state index is 0.132. The molecule has 0 radical (unpaired) electrons. The first-order chi connectivity index (χ1) is 9.77. The Kier molecular flexibility index (Phi) is 4.53. The molecule has 0 heterocycles. The van der Waals surface area contributed by atoms with Crippen molar-refractivity contribution in [3.8, 4) is 0 Å². The van der Waals surface area contributed by atoms with Crippen LogP contribution in [-0.4, -0.2) is 5.78 Å². The van der Waals surface area contributed by atoms with Crippen molar-refractivity contribution in [1.29, 1.82) is 0 Å². The Morgan fingerprint density at radius 1 is 1.05 bits per heavy atom.